The van der Waals surface area contributed by atoms with Gasteiger partial charge in [0.25, 0.3) is 5.91 Å². The summed E-state index contributed by atoms with van der Waals surface area (Å²) in [6.07, 6.45) is -1.29. The van der Waals surface area contributed by atoms with Crippen LogP contribution in [0.15, 0.2) is 57.4 Å². The second-order valence-corrected chi connectivity index (χ2v) is 10.1. The van der Waals surface area contributed by atoms with Crippen molar-refractivity contribution in [3.8, 4) is 22.4 Å². The van der Waals surface area contributed by atoms with Crippen molar-refractivity contribution in [2.75, 3.05) is 5.32 Å². The fourth-order valence-corrected chi connectivity index (χ4v) is 4.44. The number of aromatic nitrogens is 1. The van der Waals surface area contributed by atoms with Gasteiger partial charge in [0.05, 0.1) is 16.1 Å². The molecule has 0 spiro atoms. The molecule has 1 amide bonds. The molecule has 0 aliphatic rings. The number of aliphatic hydroxyl groups is 1. The van der Waals surface area contributed by atoms with Gasteiger partial charge in [-0.3, -0.25) is 9.59 Å². The quantitative estimate of drug-likeness (QED) is 0.234. The second-order valence-electron chi connectivity index (χ2n) is 8.36. The monoisotopic (exact) mass is 574 g/mol. The predicted molar refractivity (Wildman–Crippen MR) is 142 cm³/mol. The van der Waals surface area contributed by atoms with E-state index < -0.39 is 17.9 Å². The maximum Gasteiger partial charge on any atom is 0.253 e. The van der Waals surface area contributed by atoms with Crippen LogP contribution in [-0.2, 0) is 4.79 Å². The average Bonchev–Trinajstić information content (AvgIpc) is 3.15. The summed E-state index contributed by atoms with van der Waals surface area (Å²) in [6.45, 7) is 4.80. The summed E-state index contributed by atoms with van der Waals surface area (Å²) >= 11 is 16.1. The zero-order chi connectivity index (χ0) is 25.4. The summed E-state index contributed by atoms with van der Waals surface area (Å²) in [6, 6.07) is 14.4. The number of amides is 1. The number of nitrogens with zero attached hydrogens (tertiary/aromatic N) is 1. The smallest absolute Gasteiger partial charge is 0.253 e. The van der Waals surface area contributed by atoms with Gasteiger partial charge in [-0.15, -0.1) is 0 Å². The Labute approximate surface area is 220 Å². The Bertz CT molecular complexity index is 1450. The standard InChI is InChI=1S/C26H21BrCl2N2O4/c1-12(2)23(33)24-22(30-25(34)13(3)32)19-11-18(14-4-7-16(28)8-5-14)21(31-26(19)35-24)17-9-6-15(27)10-20(17)29/h4-13,32H,1-3H3,(H,30,34)/t13-/m0/s1. The van der Waals surface area contributed by atoms with Crippen LogP contribution < -0.4 is 5.32 Å². The van der Waals surface area contributed by atoms with Crippen molar-refractivity contribution in [1.82, 2.24) is 4.98 Å². The van der Waals surface area contributed by atoms with E-state index in [9.17, 15) is 14.7 Å². The molecule has 2 aromatic carbocycles. The molecule has 2 N–H and O–H groups in total. The molecular formula is C26H21BrCl2N2O4. The van der Waals surface area contributed by atoms with Crippen LogP contribution in [0.2, 0.25) is 10.0 Å². The number of hydrogen-bond acceptors (Lipinski definition) is 5. The third-order valence-electron chi connectivity index (χ3n) is 5.40. The van der Waals surface area contributed by atoms with E-state index >= 15 is 0 Å². The highest BCUT2D eigenvalue weighted by atomic mass is 79.9. The molecule has 9 heteroatoms. The lowest BCUT2D eigenvalue weighted by atomic mass is 9.97. The van der Waals surface area contributed by atoms with Gasteiger partial charge in [-0.2, -0.15) is 0 Å². The summed E-state index contributed by atoms with van der Waals surface area (Å²) in [4.78, 5) is 30.1. The molecule has 2 aromatic heterocycles. The molecule has 4 aromatic rings. The molecule has 180 valence electrons. The van der Waals surface area contributed by atoms with Crippen molar-refractivity contribution in [3.05, 3.63) is 68.8 Å². The van der Waals surface area contributed by atoms with Crippen LogP contribution >= 0.6 is 39.1 Å². The number of fused-ring (bicyclic) bond motifs is 1. The van der Waals surface area contributed by atoms with Crippen molar-refractivity contribution >= 4 is 67.6 Å². The molecule has 4 rings (SSSR count). The third kappa shape index (κ3) is 5.14. The van der Waals surface area contributed by atoms with Gasteiger partial charge in [0.15, 0.2) is 5.76 Å². The van der Waals surface area contributed by atoms with Crippen LogP contribution in [0.3, 0.4) is 0 Å². The zero-order valence-corrected chi connectivity index (χ0v) is 22.1. The lowest BCUT2D eigenvalue weighted by Crippen LogP contribution is -2.25. The first-order valence-corrected chi connectivity index (χ1v) is 12.3. The Morgan fingerprint density at radius 3 is 2.31 bits per heavy atom. The van der Waals surface area contributed by atoms with Gasteiger partial charge in [0.2, 0.25) is 11.5 Å². The van der Waals surface area contributed by atoms with Gasteiger partial charge in [-0.25, -0.2) is 4.98 Å². The summed E-state index contributed by atoms with van der Waals surface area (Å²) in [5.74, 6) is -1.40. The number of carbonyl (C=O) groups is 2. The maximum atomic E-state index is 12.9. The third-order valence-corrected chi connectivity index (χ3v) is 6.46. The molecule has 1 atom stereocenters. The van der Waals surface area contributed by atoms with E-state index in [1.54, 1.807) is 38.1 Å². The lowest BCUT2D eigenvalue weighted by molar-refractivity contribution is -0.123. The van der Waals surface area contributed by atoms with E-state index in [2.05, 4.69) is 21.2 Å². The van der Waals surface area contributed by atoms with Gasteiger partial charge >= 0.3 is 0 Å². The molecule has 6 nitrogen and oxygen atoms in total. The molecule has 0 bridgehead atoms. The number of aliphatic hydroxyl groups excluding tert-OH is 1. The Morgan fingerprint density at radius 2 is 1.71 bits per heavy atom. The van der Waals surface area contributed by atoms with Crippen molar-refractivity contribution in [3.63, 3.8) is 0 Å². The van der Waals surface area contributed by atoms with Crippen LogP contribution in [-0.4, -0.2) is 27.9 Å². The Kier molecular flexibility index (Phi) is 7.33. The highest BCUT2D eigenvalue weighted by Gasteiger charge is 2.27. The summed E-state index contributed by atoms with van der Waals surface area (Å²) < 4.78 is 6.72. The van der Waals surface area contributed by atoms with Crippen LogP contribution in [0.25, 0.3) is 33.5 Å². The fraction of sp³-hybridized carbons (Fsp3) is 0.192. The number of nitrogens with one attached hydrogen (secondary N) is 1. The molecule has 2 heterocycles. The van der Waals surface area contributed by atoms with Crippen molar-refractivity contribution < 1.29 is 19.1 Å². The number of hydrogen-bond donors (Lipinski definition) is 2. The number of anilines is 1. The summed E-state index contributed by atoms with van der Waals surface area (Å²) in [7, 11) is 0. The van der Waals surface area contributed by atoms with Gasteiger partial charge < -0.3 is 14.8 Å². The number of carbonyl (C=O) groups excluding carboxylic acids is 2. The normalized spacial score (nSPS) is 12.2. The number of ketones is 1. The van der Waals surface area contributed by atoms with Gasteiger partial charge in [-0.05, 0) is 42.8 Å². The Hall–Kier alpha value is -2.71. The van der Waals surface area contributed by atoms with E-state index in [1.165, 1.54) is 6.92 Å². The molecule has 0 fully saturated rings. The minimum absolute atomic E-state index is 0.0300. The SMILES string of the molecule is CC(C)C(=O)c1oc2nc(-c3ccc(Br)cc3Cl)c(-c3ccc(Cl)cc3)cc2c1NC(=O)[C@H](C)O. The van der Waals surface area contributed by atoms with E-state index in [1.807, 2.05) is 24.3 Å². The average molecular weight is 576 g/mol. The van der Waals surface area contributed by atoms with Crippen LogP contribution in [0.5, 0.6) is 0 Å². The van der Waals surface area contributed by atoms with Gasteiger partial charge in [0.1, 0.15) is 11.8 Å². The Balaban J connectivity index is 2.05. The molecular weight excluding hydrogens is 555 g/mol. The maximum absolute atomic E-state index is 12.9. The zero-order valence-electron chi connectivity index (χ0n) is 19.0. The van der Waals surface area contributed by atoms with Crippen LogP contribution in [0, 0.1) is 5.92 Å². The summed E-state index contributed by atoms with van der Waals surface area (Å²) in [5.41, 5.74) is 2.99. The first kappa shape index (κ1) is 25.4. The van der Waals surface area contributed by atoms with Crippen molar-refractivity contribution in [2.45, 2.75) is 26.9 Å². The number of furan rings is 1. The minimum atomic E-state index is -1.29. The summed E-state index contributed by atoms with van der Waals surface area (Å²) in [5, 5.41) is 13.9. The largest absolute Gasteiger partial charge is 0.432 e. The molecule has 0 aliphatic carbocycles. The molecule has 0 unspecified atom stereocenters. The topological polar surface area (TPSA) is 92.4 Å². The number of Topliss-reactive ketones (excluding diaryl/α,β-unsaturated/α-hetero) is 1. The van der Waals surface area contributed by atoms with Gasteiger partial charge in [-0.1, -0.05) is 71.2 Å². The number of rotatable bonds is 6. The first-order chi connectivity index (χ1) is 16.6. The highest BCUT2D eigenvalue weighted by Crippen LogP contribution is 2.41. The van der Waals surface area contributed by atoms with Crippen LogP contribution in [0.4, 0.5) is 5.69 Å². The van der Waals surface area contributed by atoms with E-state index in [0.717, 1.165) is 10.0 Å². The number of pyridine rings is 1. The van der Waals surface area contributed by atoms with Crippen molar-refractivity contribution in [2.24, 2.45) is 5.92 Å². The molecule has 0 aliphatic heterocycles. The predicted octanol–water partition coefficient (Wildman–Crippen LogP) is 7.39. The molecule has 35 heavy (non-hydrogen) atoms. The van der Waals surface area contributed by atoms with E-state index in [0.29, 0.717) is 32.3 Å². The van der Waals surface area contributed by atoms with E-state index in [4.69, 9.17) is 32.6 Å². The molecule has 0 saturated heterocycles. The number of halogens is 3. The second kappa shape index (κ2) is 10.1. The number of benzene rings is 2. The Morgan fingerprint density at radius 1 is 1.03 bits per heavy atom. The van der Waals surface area contributed by atoms with Crippen LogP contribution in [0.1, 0.15) is 31.3 Å². The van der Waals surface area contributed by atoms with Gasteiger partial charge in [0, 0.05) is 26.5 Å². The van der Waals surface area contributed by atoms with Crippen molar-refractivity contribution in [1.29, 1.82) is 0 Å². The highest BCUT2D eigenvalue weighted by molar-refractivity contribution is 9.10. The minimum Gasteiger partial charge on any atom is -0.432 e. The van der Waals surface area contributed by atoms with E-state index in [-0.39, 0.29) is 22.9 Å². The molecule has 0 saturated carbocycles. The first-order valence-electron chi connectivity index (χ1n) is 10.8. The molecule has 0 radical (unpaired) electrons. The fourth-order valence-electron chi connectivity index (χ4n) is 3.55. The lowest BCUT2D eigenvalue weighted by Gasteiger charge is -2.12.